The zero-order valence-corrected chi connectivity index (χ0v) is 16.2. The molecule has 0 fully saturated rings. The van der Waals surface area contributed by atoms with Crippen molar-refractivity contribution in [2.24, 2.45) is 5.16 Å². The Kier molecular flexibility index (Phi) is 4.64. The quantitative estimate of drug-likeness (QED) is 0.264. The summed E-state index contributed by atoms with van der Waals surface area (Å²) in [5.74, 6) is 0.509. The number of hydrogen-bond acceptors (Lipinski definition) is 4. The SMILES string of the molecule is ON=C(c1ccc(F)cc1)c1ccc2nc(N[C@@H]3CCc4ccccc43)ccc2c1. The number of halogens is 1. The van der Waals surface area contributed by atoms with E-state index >= 15 is 0 Å². The van der Waals surface area contributed by atoms with Gasteiger partial charge in [0.15, 0.2) is 0 Å². The van der Waals surface area contributed by atoms with E-state index in [1.165, 1.54) is 23.3 Å². The van der Waals surface area contributed by atoms with Crippen LogP contribution < -0.4 is 5.32 Å². The lowest BCUT2D eigenvalue weighted by Gasteiger charge is -2.15. The second kappa shape index (κ2) is 7.59. The number of fused-ring (bicyclic) bond motifs is 2. The van der Waals surface area contributed by atoms with Crippen molar-refractivity contribution in [3.05, 3.63) is 107 Å². The van der Waals surface area contributed by atoms with Crippen LogP contribution in [0.2, 0.25) is 0 Å². The summed E-state index contributed by atoms with van der Waals surface area (Å²) in [5, 5.41) is 17.5. The van der Waals surface area contributed by atoms with Crippen LogP contribution in [0.3, 0.4) is 0 Å². The van der Waals surface area contributed by atoms with Crippen LogP contribution in [-0.4, -0.2) is 15.9 Å². The van der Waals surface area contributed by atoms with Gasteiger partial charge in [0.05, 0.1) is 11.6 Å². The molecule has 1 heterocycles. The Balaban J connectivity index is 1.42. The minimum Gasteiger partial charge on any atom is -0.410 e. The molecule has 0 saturated carbocycles. The second-order valence-electron chi connectivity index (χ2n) is 7.49. The van der Waals surface area contributed by atoms with E-state index in [4.69, 9.17) is 4.98 Å². The van der Waals surface area contributed by atoms with Gasteiger partial charge in [-0.25, -0.2) is 9.37 Å². The molecule has 3 aromatic carbocycles. The topological polar surface area (TPSA) is 57.5 Å². The van der Waals surface area contributed by atoms with Crippen molar-refractivity contribution in [3.8, 4) is 0 Å². The minimum atomic E-state index is -0.330. The van der Waals surface area contributed by atoms with Crippen molar-refractivity contribution in [2.75, 3.05) is 5.32 Å². The molecule has 1 aromatic heterocycles. The lowest BCUT2D eigenvalue weighted by atomic mass is 10.0. The summed E-state index contributed by atoms with van der Waals surface area (Å²) in [6.45, 7) is 0. The van der Waals surface area contributed by atoms with Crippen molar-refractivity contribution >= 4 is 22.4 Å². The van der Waals surface area contributed by atoms with Gasteiger partial charge >= 0.3 is 0 Å². The first-order chi connectivity index (χ1) is 14.7. The van der Waals surface area contributed by atoms with Gasteiger partial charge in [-0.15, -0.1) is 0 Å². The summed E-state index contributed by atoms with van der Waals surface area (Å²) >= 11 is 0. The van der Waals surface area contributed by atoms with Crippen LogP contribution in [0, 0.1) is 5.82 Å². The fourth-order valence-corrected chi connectivity index (χ4v) is 4.13. The highest BCUT2D eigenvalue weighted by atomic mass is 19.1. The standard InChI is InChI=1S/C25H20FN3O/c26-20-10-5-17(6-11-20)25(29-30)19-8-12-22-18(15-19)9-14-24(27-22)28-23-13-7-16-3-1-2-4-21(16)23/h1-6,8-12,14-15,23,30H,7,13H2,(H,27,28)/t23-/m1/s1. The van der Waals surface area contributed by atoms with E-state index in [9.17, 15) is 9.60 Å². The second-order valence-corrected chi connectivity index (χ2v) is 7.49. The van der Waals surface area contributed by atoms with Gasteiger partial charge in [-0.3, -0.25) is 0 Å². The number of hydrogen-bond donors (Lipinski definition) is 2. The number of aromatic nitrogens is 1. The van der Waals surface area contributed by atoms with E-state index in [1.807, 2.05) is 30.3 Å². The average Bonchev–Trinajstić information content (AvgIpc) is 3.18. The first kappa shape index (κ1) is 18.3. The summed E-state index contributed by atoms with van der Waals surface area (Å²) < 4.78 is 13.2. The minimum absolute atomic E-state index is 0.275. The highest BCUT2D eigenvalue weighted by molar-refractivity contribution is 6.13. The van der Waals surface area contributed by atoms with Gasteiger partial charge in [0.1, 0.15) is 17.3 Å². The van der Waals surface area contributed by atoms with Crippen LogP contribution in [0.25, 0.3) is 10.9 Å². The van der Waals surface area contributed by atoms with Crippen LogP contribution in [0.15, 0.2) is 84.0 Å². The van der Waals surface area contributed by atoms with E-state index in [2.05, 4.69) is 34.7 Å². The van der Waals surface area contributed by atoms with Crippen LogP contribution in [0.1, 0.15) is 34.7 Å². The van der Waals surface area contributed by atoms with Crippen molar-refractivity contribution in [1.29, 1.82) is 0 Å². The van der Waals surface area contributed by atoms with Crippen LogP contribution in [-0.2, 0) is 6.42 Å². The molecule has 0 unspecified atom stereocenters. The molecule has 4 nitrogen and oxygen atoms in total. The number of pyridine rings is 1. The van der Waals surface area contributed by atoms with Gasteiger partial charge < -0.3 is 10.5 Å². The summed E-state index contributed by atoms with van der Waals surface area (Å²) in [4.78, 5) is 4.76. The summed E-state index contributed by atoms with van der Waals surface area (Å²) in [6.07, 6.45) is 2.14. The molecular weight excluding hydrogens is 377 g/mol. The summed E-state index contributed by atoms with van der Waals surface area (Å²) in [7, 11) is 0. The Bertz CT molecular complexity index is 1250. The van der Waals surface area contributed by atoms with Crippen LogP contribution in [0.4, 0.5) is 10.2 Å². The summed E-state index contributed by atoms with van der Waals surface area (Å²) in [6, 6.07) is 24.4. The maximum atomic E-state index is 13.2. The molecule has 0 amide bonds. The maximum Gasteiger partial charge on any atom is 0.127 e. The molecule has 5 rings (SSSR count). The van der Waals surface area contributed by atoms with E-state index in [0.717, 1.165) is 35.1 Å². The molecule has 30 heavy (non-hydrogen) atoms. The zero-order chi connectivity index (χ0) is 20.5. The Hall–Kier alpha value is -3.73. The van der Waals surface area contributed by atoms with Crippen LogP contribution >= 0.6 is 0 Å². The van der Waals surface area contributed by atoms with E-state index in [1.54, 1.807) is 12.1 Å². The van der Waals surface area contributed by atoms with Crippen molar-refractivity contribution in [3.63, 3.8) is 0 Å². The monoisotopic (exact) mass is 397 g/mol. The third kappa shape index (κ3) is 3.39. The molecule has 1 atom stereocenters. The molecule has 0 spiro atoms. The Morgan fingerprint density at radius 2 is 1.77 bits per heavy atom. The molecule has 2 N–H and O–H groups in total. The predicted molar refractivity (Wildman–Crippen MR) is 117 cm³/mol. The molecule has 4 aromatic rings. The van der Waals surface area contributed by atoms with Crippen molar-refractivity contribution < 1.29 is 9.60 Å². The fourth-order valence-electron chi connectivity index (χ4n) is 4.13. The third-order valence-corrected chi connectivity index (χ3v) is 5.64. The predicted octanol–water partition coefficient (Wildman–Crippen LogP) is 5.70. The van der Waals surface area contributed by atoms with Crippen molar-refractivity contribution in [2.45, 2.75) is 18.9 Å². The molecule has 0 radical (unpaired) electrons. The molecule has 0 bridgehead atoms. The molecule has 0 saturated heterocycles. The molecule has 148 valence electrons. The number of nitrogens with one attached hydrogen (secondary N) is 1. The third-order valence-electron chi connectivity index (χ3n) is 5.64. The summed E-state index contributed by atoms with van der Waals surface area (Å²) in [5.41, 5.74) is 5.37. The molecule has 1 aliphatic carbocycles. The first-order valence-corrected chi connectivity index (χ1v) is 9.95. The molecular formula is C25H20FN3O. The Labute approximate surface area is 173 Å². The van der Waals surface area contributed by atoms with Gasteiger partial charge in [-0.05, 0) is 72.5 Å². The smallest absolute Gasteiger partial charge is 0.127 e. The normalized spacial score (nSPS) is 15.9. The lowest BCUT2D eigenvalue weighted by Crippen LogP contribution is -2.08. The molecule has 0 aliphatic heterocycles. The number of benzene rings is 3. The van der Waals surface area contributed by atoms with E-state index < -0.39 is 0 Å². The zero-order valence-electron chi connectivity index (χ0n) is 16.2. The molecule has 1 aliphatic rings. The first-order valence-electron chi connectivity index (χ1n) is 9.95. The number of aryl methyl sites for hydroxylation is 1. The highest BCUT2D eigenvalue weighted by Crippen LogP contribution is 2.33. The van der Waals surface area contributed by atoms with Gasteiger partial charge in [0.25, 0.3) is 0 Å². The number of rotatable bonds is 4. The van der Waals surface area contributed by atoms with Crippen molar-refractivity contribution in [1.82, 2.24) is 4.98 Å². The van der Waals surface area contributed by atoms with E-state index in [-0.39, 0.29) is 11.9 Å². The highest BCUT2D eigenvalue weighted by Gasteiger charge is 2.22. The Morgan fingerprint density at radius 3 is 2.60 bits per heavy atom. The fraction of sp³-hybridized carbons (Fsp3) is 0.120. The van der Waals surface area contributed by atoms with Crippen LogP contribution in [0.5, 0.6) is 0 Å². The number of anilines is 1. The van der Waals surface area contributed by atoms with Gasteiger partial charge in [0.2, 0.25) is 0 Å². The van der Waals surface area contributed by atoms with E-state index in [0.29, 0.717) is 11.3 Å². The van der Waals surface area contributed by atoms with Gasteiger partial charge in [0, 0.05) is 16.5 Å². The average molecular weight is 397 g/mol. The number of oxime groups is 1. The van der Waals surface area contributed by atoms with Gasteiger partial charge in [-0.1, -0.05) is 35.5 Å². The largest absolute Gasteiger partial charge is 0.410 e. The molecule has 5 heteroatoms. The number of nitrogens with zero attached hydrogens (tertiary/aromatic N) is 2. The lowest BCUT2D eigenvalue weighted by molar-refractivity contribution is 0.319. The maximum absolute atomic E-state index is 13.2. The Morgan fingerprint density at radius 1 is 0.967 bits per heavy atom. The van der Waals surface area contributed by atoms with Gasteiger partial charge in [-0.2, -0.15) is 0 Å².